The molecule has 2 heterocycles. The number of rotatable bonds is 3. The van der Waals surface area contributed by atoms with Crippen molar-refractivity contribution in [3.05, 3.63) is 41.6 Å². The molecular formula is C16H14ClFN4O2. The summed E-state index contributed by atoms with van der Waals surface area (Å²) in [6, 6.07) is 2.52. The van der Waals surface area contributed by atoms with E-state index in [1.807, 2.05) is 0 Å². The van der Waals surface area contributed by atoms with Gasteiger partial charge < -0.3 is 10.0 Å². The number of halogens is 2. The van der Waals surface area contributed by atoms with E-state index in [-0.39, 0.29) is 10.8 Å². The van der Waals surface area contributed by atoms with Crippen molar-refractivity contribution in [2.24, 2.45) is 0 Å². The molecule has 0 fully saturated rings. The van der Waals surface area contributed by atoms with Gasteiger partial charge in [-0.15, -0.1) is 6.58 Å². The van der Waals surface area contributed by atoms with E-state index in [1.165, 1.54) is 12.1 Å². The Morgan fingerprint density at radius 1 is 1.50 bits per heavy atom. The summed E-state index contributed by atoms with van der Waals surface area (Å²) in [6.07, 6.45) is 0.408. The van der Waals surface area contributed by atoms with Gasteiger partial charge in [0.1, 0.15) is 16.8 Å². The average Bonchev–Trinajstić information content (AvgIpc) is 2.80. The van der Waals surface area contributed by atoms with Gasteiger partial charge in [-0.05, 0) is 19.1 Å². The second-order valence-corrected chi connectivity index (χ2v) is 5.73. The van der Waals surface area contributed by atoms with Gasteiger partial charge in [-0.3, -0.25) is 0 Å². The Balaban J connectivity index is 2.58. The number of hydrogen-bond donors (Lipinski definition) is 1. The molecule has 0 aliphatic carbocycles. The number of aromatic nitrogens is 3. The van der Waals surface area contributed by atoms with Crippen LogP contribution in [-0.4, -0.2) is 39.3 Å². The number of carboxylic acid groups (broad SMARTS) is 1. The van der Waals surface area contributed by atoms with Gasteiger partial charge in [-0.25, -0.2) is 23.7 Å². The van der Waals surface area contributed by atoms with Crippen LogP contribution in [-0.2, 0) is 0 Å². The molecule has 0 aliphatic rings. The highest BCUT2D eigenvalue weighted by molar-refractivity contribution is 6.37. The van der Waals surface area contributed by atoms with Crippen molar-refractivity contribution < 1.29 is 14.3 Å². The standard InChI is InChI=1S/C16H14ClFN4O2/c1-4-5-21(3)11-7-9(18)6-10-12-14(17)19-8(2)20-15(12)22(13(10)11)16(23)24/h4,6-7H,1,5H2,2-3H3,(H,23,24). The molecule has 124 valence electrons. The van der Waals surface area contributed by atoms with Crippen LogP contribution in [0.15, 0.2) is 24.8 Å². The number of benzene rings is 1. The number of nitrogens with zero attached hydrogens (tertiary/aromatic N) is 4. The van der Waals surface area contributed by atoms with Crippen molar-refractivity contribution in [3.8, 4) is 0 Å². The molecule has 2 aromatic heterocycles. The van der Waals surface area contributed by atoms with Crippen molar-refractivity contribution in [2.45, 2.75) is 6.92 Å². The zero-order chi connectivity index (χ0) is 17.6. The van der Waals surface area contributed by atoms with Crippen LogP contribution in [0, 0.1) is 12.7 Å². The Morgan fingerprint density at radius 2 is 2.21 bits per heavy atom. The summed E-state index contributed by atoms with van der Waals surface area (Å²) < 4.78 is 15.2. The van der Waals surface area contributed by atoms with Crippen LogP contribution in [0.4, 0.5) is 14.9 Å². The Kier molecular flexibility index (Phi) is 3.88. The molecule has 6 nitrogen and oxygen atoms in total. The Hall–Kier alpha value is -2.67. The van der Waals surface area contributed by atoms with Crippen molar-refractivity contribution in [2.75, 3.05) is 18.5 Å². The first-order valence-electron chi connectivity index (χ1n) is 7.08. The number of likely N-dealkylation sites (N-methyl/N-ethyl adjacent to an activating group) is 1. The predicted octanol–water partition coefficient (Wildman–Crippen LogP) is 3.83. The van der Waals surface area contributed by atoms with Crippen LogP contribution in [0.5, 0.6) is 0 Å². The molecule has 0 saturated heterocycles. The van der Waals surface area contributed by atoms with Gasteiger partial charge in [0.05, 0.1) is 16.6 Å². The number of fused-ring (bicyclic) bond motifs is 3. The van der Waals surface area contributed by atoms with Crippen LogP contribution in [0.2, 0.25) is 5.15 Å². The molecule has 0 aliphatic heterocycles. The first-order chi connectivity index (χ1) is 11.3. The third-order valence-electron chi connectivity index (χ3n) is 3.72. The van der Waals surface area contributed by atoms with Crippen molar-refractivity contribution in [1.82, 2.24) is 14.5 Å². The zero-order valence-corrected chi connectivity index (χ0v) is 13.8. The van der Waals surface area contributed by atoms with Gasteiger partial charge in [0.25, 0.3) is 0 Å². The highest BCUT2D eigenvalue weighted by Crippen LogP contribution is 2.37. The first kappa shape index (κ1) is 16.2. The SMILES string of the molecule is C=CCN(C)c1cc(F)cc2c3c(Cl)nc(C)nc3n(C(=O)O)c12. The van der Waals surface area contributed by atoms with E-state index in [2.05, 4.69) is 16.5 Å². The summed E-state index contributed by atoms with van der Waals surface area (Å²) >= 11 is 6.20. The molecule has 0 amide bonds. The van der Waals surface area contributed by atoms with E-state index >= 15 is 0 Å². The van der Waals surface area contributed by atoms with E-state index in [0.29, 0.717) is 34.3 Å². The summed E-state index contributed by atoms with van der Waals surface area (Å²) in [5, 5.41) is 10.4. The summed E-state index contributed by atoms with van der Waals surface area (Å²) in [5.41, 5.74) is 0.845. The Labute approximate surface area is 141 Å². The van der Waals surface area contributed by atoms with Crippen molar-refractivity contribution in [1.29, 1.82) is 0 Å². The maximum atomic E-state index is 14.2. The van der Waals surface area contributed by atoms with Gasteiger partial charge >= 0.3 is 6.09 Å². The van der Waals surface area contributed by atoms with Crippen LogP contribution >= 0.6 is 11.6 Å². The van der Waals surface area contributed by atoms with Crippen molar-refractivity contribution in [3.63, 3.8) is 0 Å². The smallest absolute Gasteiger partial charge is 0.417 e. The molecule has 0 atom stereocenters. The summed E-state index contributed by atoms with van der Waals surface area (Å²) in [4.78, 5) is 21.8. The van der Waals surface area contributed by atoms with E-state index < -0.39 is 11.9 Å². The topological polar surface area (TPSA) is 71.2 Å². The highest BCUT2D eigenvalue weighted by Gasteiger charge is 2.24. The van der Waals surface area contributed by atoms with Gasteiger partial charge in [0.2, 0.25) is 0 Å². The third kappa shape index (κ3) is 2.37. The summed E-state index contributed by atoms with van der Waals surface area (Å²) in [7, 11) is 1.72. The molecule has 0 spiro atoms. The van der Waals surface area contributed by atoms with Gasteiger partial charge in [0, 0.05) is 19.0 Å². The molecule has 0 saturated carbocycles. The average molecular weight is 349 g/mol. The predicted molar refractivity (Wildman–Crippen MR) is 91.6 cm³/mol. The van der Waals surface area contributed by atoms with E-state index in [4.69, 9.17) is 11.6 Å². The normalized spacial score (nSPS) is 11.2. The first-order valence-corrected chi connectivity index (χ1v) is 7.46. The fourth-order valence-corrected chi connectivity index (χ4v) is 3.11. The number of aryl methyl sites for hydroxylation is 1. The quantitative estimate of drug-likeness (QED) is 0.575. The number of carbonyl (C=O) groups is 1. The highest BCUT2D eigenvalue weighted by atomic mass is 35.5. The molecule has 8 heteroatoms. The largest absolute Gasteiger partial charge is 0.464 e. The third-order valence-corrected chi connectivity index (χ3v) is 4.00. The molecule has 1 aromatic carbocycles. The lowest BCUT2D eigenvalue weighted by Gasteiger charge is -2.19. The Bertz CT molecular complexity index is 999. The lowest BCUT2D eigenvalue weighted by molar-refractivity contribution is 0.198. The minimum atomic E-state index is -1.23. The van der Waals surface area contributed by atoms with Gasteiger partial charge in [0.15, 0.2) is 5.65 Å². The second-order valence-electron chi connectivity index (χ2n) is 5.37. The van der Waals surface area contributed by atoms with Gasteiger partial charge in [-0.1, -0.05) is 17.7 Å². The molecule has 3 rings (SSSR count). The monoisotopic (exact) mass is 348 g/mol. The molecule has 3 aromatic rings. The van der Waals surface area contributed by atoms with Crippen molar-refractivity contribution >= 4 is 45.3 Å². The number of hydrogen-bond acceptors (Lipinski definition) is 4. The molecule has 0 unspecified atom stereocenters. The van der Waals surface area contributed by atoms with Gasteiger partial charge in [-0.2, -0.15) is 0 Å². The van der Waals surface area contributed by atoms with Crippen LogP contribution in [0.25, 0.3) is 21.9 Å². The lowest BCUT2D eigenvalue weighted by atomic mass is 10.1. The van der Waals surface area contributed by atoms with Crippen LogP contribution < -0.4 is 4.90 Å². The molecule has 1 N–H and O–H groups in total. The summed E-state index contributed by atoms with van der Waals surface area (Å²) in [6.45, 7) is 5.68. The van der Waals surface area contributed by atoms with E-state index in [0.717, 1.165) is 4.57 Å². The molecule has 24 heavy (non-hydrogen) atoms. The molecule has 0 bridgehead atoms. The fraction of sp³-hybridized carbons (Fsp3) is 0.188. The summed E-state index contributed by atoms with van der Waals surface area (Å²) in [5.74, 6) is -0.172. The minimum absolute atomic E-state index is 0.0884. The van der Waals surface area contributed by atoms with E-state index in [9.17, 15) is 14.3 Å². The fourth-order valence-electron chi connectivity index (χ4n) is 2.80. The maximum absolute atomic E-state index is 14.2. The zero-order valence-electron chi connectivity index (χ0n) is 13.0. The molecule has 0 radical (unpaired) electrons. The second kappa shape index (κ2) is 5.76. The number of anilines is 1. The van der Waals surface area contributed by atoms with Crippen LogP contribution in [0.3, 0.4) is 0 Å². The van der Waals surface area contributed by atoms with Crippen LogP contribution in [0.1, 0.15) is 5.82 Å². The lowest BCUT2D eigenvalue weighted by Crippen LogP contribution is -2.19. The Morgan fingerprint density at radius 3 is 2.83 bits per heavy atom. The molecular weight excluding hydrogens is 335 g/mol. The maximum Gasteiger partial charge on any atom is 0.417 e. The minimum Gasteiger partial charge on any atom is -0.464 e. The van der Waals surface area contributed by atoms with E-state index in [1.54, 1.807) is 24.9 Å².